The lowest BCUT2D eigenvalue weighted by Crippen LogP contribution is -2.40. The minimum atomic E-state index is -3.47. The summed E-state index contributed by atoms with van der Waals surface area (Å²) in [7, 11) is -0.418. The maximum Gasteiger partial charge on any atom is 0.242 e. The first kappa shape index (κ1) is 16.3. The minimum Gasteiger partial charge on any atom is -0.362 e. The Balaban J connectivity index is 1.85. The van der Waals surface area contributed by atoms with Crippen LogP contribution in [0, 0.1) is 0 Å². The van der Waals surface area contributed by atoms with E-state index in [1.807, 2.05) is 11.0 Å². The van der Waals surface area contributed by atoms with Crippen molar-refractivity contribution >= 4 is 21.6 Å². The SMILES string of the molecule is CN(C)S(=O)(=O)c1ccc2c(c1)N(CC(=O)NC1CC1)CCC2. The molecular formula is C16H23N3O3S. The van der Waals surface area contributed by atoms with Crippen LogP contribution in [0.15, 0.2) is 23.1 Å². The van der Waals surface area contributed by atoms with Gasteiger partial charge in [0.2, 0.25) is 15.9 Å². The minimum absolute atomic E-state index is 0.0150. The number of aryl methyl sites for hydroxylation is 1. The number of nitrogens with zero attached hydrogens (tertiary/aromatic N) is 2. The molecule has 1 heterocycles. The molecule has 2 aliphatic rings. The average molecular weight is 337 g/mol. The van der Waals surface area contributed by atoms with Crippen LogP contribution in [0.4, 0.5) is 5.69 Å². The maximum atomic E-state index is 12.3. The summed E-state index contributed by atoms with van der Waals surface area (Å²) in [4.78, 5) is 14.3. The fourth-order valence-electron chi connectivity index (χ4n) is 2.84. The van der Waals surface area contributed by atoms with Gasteiger partial charge in [-0.15, -0.1) is 0 Å². The van der Waals surface area contributed by atoms with Gasteiger partial charge in [-0.3, -0.25) is 4.79 Å². The summed E-state index contributed by atoms with van der Waals surface area (Å²) in [6.45, 7) is 1.06. The molecule has 1 aromatic rings. The van der Waals surface area contributed by atoms with Crippen LogP contribution in [-0.4, -0.2) is 51.9 Å². The number of anilines is 1. The van der Waals surface area contributed by atoms with Crippen molar-refractivity contribution in [3.63, 3.8) is 0 Å². The monoisotopic (exact) mass is 337 g/mol. The molecule has 0 bridgehead atoms. The number of hydrogen-bond acceptors (Lipinski definition) is 4. The summed E-state index contributed by atoms with van der Waals surface area (Å²) in [6, 6.07) is 5.57. The number of rotatable bonds is 5. The van der Waals surface area contributed by atoms with Gasteiger partial charge in [0.1, 0.15) is 0 Å². The molecule has 23 heavy (non-hydrogen) atoms. The first-order valence-corrected chi connectivity index (χ1v) is 9.42. The summed E-state index contributed by atoms with van der Waals surface area (Å²) in [5.74, 6) is 0.0150. The molecule has 1 saturated carbocycles. The van der Waals surface area contributed by atoms with Crippen LogP contribution in [0.5, 0.6) is 0 Å². The molecule has 0 atom stereocenters. The molecule has 0 unspecified atom stereocenters. The Morgan fingerprint density at radius 3 is 2.74 bits per heavy atom. The third-order valence-electron chi connectivity index (χ3n) is 4.33. The van der Waals surface area contributed by atoms with E-state index in [1.54, 1.807) is 12.1 Å². The van der Waals surface area contributed by atoms with E-state index in [-0.39, 0.29) is 17.3 Å². The standard InChI is InChI=1S/C16H23N3O3S/c1-18(2)23(21,22)14-8-5-12-4-3-9-19(15(12)10-14)11-16(20)17-13-6-7-13/h5,8,10,13H,3-4,6-7,9,11H2,1-2H3,(H,17,20). The topological polar surface area (TPSA) is 69.7 Å². The van der Waals surface area contributed by atoms with Gasteiger partial charge in [0.15, 0.2) is 0 Å². The highest BCUT2D eigenvalue weighted by Gasteiger charge is 2.27. The van der Waals surface area contributed by atoms with Gasteiger partial charge in [0.05, 0.1) is 11.4 Å². The predicted molar refractivity (Wildman–Crippen MR) is 89.0 cm³/mol. The Morgan fingerprint density at radius 2 is 2.09 bits per heavy atom. The van der Waals surface area contributed by atoms with E-state index < -0.39 is 10.0 Å². The molecule has 0 aromatic heterocycles. The molecule has 0 spiro atoms. The smallest absolute Gasteiger partial charge is 0.242 e. The van der Waals surface area contributed by atoms with E-state index in [0.717, 1.165) is 43.5 Å². The van der Waals surface area contributed by atoms with E-state index in [0.29, 0.717) is 6.04 Å². The van der Waals surface area contributed by atoms with Gasteiger partial charge in [0, 0.05) is 32.4 Å². The second-order valence-electron chi connectivity index (χ2n) is 6.44. The van der Waals surface area contributed by atoms with E-state index in [4.69, 9.17) is 0 Å². The summed E-state index contributed by atoms with van der Waals surface area (Å²) in [5.41, 5.74) is 1.97. The van der Waals surface area contributed by atoms with Gasteiger partial charge >= 0.3 is 0 Å². The van der Waals surface area contributed by atoms with Gasteiger partial charge in [-0.1, -0.05) is 6.07 Å². The van der Waals surface area contributed by atoms with E-state index in [2.05, 4.69) is 5.32 Å². The summed E-state index contributed by atoms with van der Waals surface area (Å²) in [5, 5.41) is 2.99. The van der Waals surface area contributed by atoms with Crippen molar-refractivity contribution in [2.24, 2.45) is 0 Å². The number of carbonyl (C=O) groups excluding carboxylic acids is 1. The number of benzene rings is 1. The molecule has 1 aliphatic heterocycles. The van der Waals surface area contributed by atoms with Crippen molar-refractivity contribution < 1.29 is 13.2 Å². The Hall–Kier alpha value is -1.60. The molecule has 1 aliphatic carbocycles. The van der Waals surface area contributed by atoms with Crippen LogP contribution >= 0.6 is 0 Å². The lowest BCUT2D eigenvalue weighted by molar-refractivity contribution is -0.119. The first-order valence-electron chi connectivity index (χ1n) is 7.97. The van der Waals surface area contributed by atoms with Gasteiger partial charge < -0.3 is 10.2 Å². The molecule has 7 heteroatoms. The molecule has 1 N–H and O–H groups in total. The Kier molecular flexibility index (Phi) is 4.33. The number of hydrogen-bond donors (Lipinski definition) is 1. The first-order chi connectivity index (χ1) is 10.9. The number of nitrogens with one attached hydrogen (secondary N) is 1. The fourth-order valence-corrected chi connectivity index (χ4v) is 3.76. The van der Waals surface area contributed by atoms with Gasteiger partial charge in [-0.25, -0.2) is 12.7 Å². The molecule has 0 saturated heterocycles. The third kappa shape index (κ3) is 3.50. The molecule has 3 rings (SSSR count). The van der Waals surface area contributed by atoms with E-state index in [1.165, 1.54) is 18.4 Å². The molecule has 1 fully saturated rings. The van der Waals surface area contributed by atoms with Crippen LogP contribution in [0.1, 0.15) is 24.8 Å². The molecular weight excluding hydrogens is 314 g/mol. The van der Waals surface area contributed by atoms with Gasteiger partial charge in [-0.05, 0) is 43.4 Å². The number of carbonyl (C=O) groups is 1. The van der Waals surface area contributed by atoms with Crippen LogP contribution < -0.4 is 10.2 Å². The van der Waals surface area contributed by atoms with Crippen LogP contribution in [0.25, 0.3) is 0 Å². The van der Waals surface area contributed by atoms with E-state index in [9.17, 15) is 13.2 Å². The Morgan fingerprint density at radius 1 is 1.35 bits per heavy atom. The zero-order valence-corrected chi connectivity index (χ0v) is 14.4. The number of fused-ring (bicyclic) bond motifs is 1. The average Bonchev–Trinajstić information content (AvgIpc) is 3.30. The number of amides is 1. The van der Waals surface area contributed by atoms with Crippen molar-refractivity contribution in [1.29, 1.82) is 0 Å². The van der Waals surface area contributed by atoms with Gasteiger partial charge in [0.25, 0.3) is 0 Å². The molecule has 126 valence electrons. The van der Waals surface area contributed by atoms with Crippen molar-refractivity contribution in [2.45, 2.75) is 36.6 Å². The lowest BCUT2D eigenvalue weighted by Gasteiger charge is -2.31. The summed E-state index contributed by atoms with van der Waals surface area (Å²) >= 11 is 0. The molecule has 6 nitrogen and oxygen atoms in total. The zero-order chi connectivity index (χ0) is 16.6. The van der Waals surface area contributed by atoms with Crippen LogP contribution in [0.3, 0.4) is 0 Å². The van der Waals surface area contributed by atoms with Crippen LogP contribution in [0.2, 0.25) is 0 Å². The van der Waals surface area contributed by atoms with Gasteiger partial charge in [-0.2, -0.15) is 0 Å². The second-order valence-corrected chi connectivity index (χ2v) is 8.60. The second kappa shape index (κ2) is 6.13. The highest BCUT2D eigenvalue weighted by Crippen LogP contribution is 2.30. The normalized spacial score (nSPS) is 18.0. The Bertz CT molecular complexity index is 711. The quantitative estimate of drug-likeness (QED) is 0.869. The van der Waals surface area contributed by atoms with Crippen molar-refractivity contribution in [3.05, 3.63) is 23.8 Å². The molecule has 0 radical (unpaired) electrons. The summed E-state index contributed by atoms with van der Waals surface area (Å²) < 4.78 is 25.9. The van der Waals surface area contributed by atoms with Crippen molar-refractivity contribution in [2.75, 3.05) is 32.1 Å². The third-order valence-corrected chi connectivity index (χ3v) is 6.14. The highest BCUT2D eigenvalue weighted by molar-refractivity contribution is 7.89. The molecule has 1 aromatic carbocycles. The predicted octanol–water partition coefficient (Wildman–Crippen LogP) is 0.968. The number of sulfonamides is 1. The van der Waals surface area contributed by atoms with Crippen molar-refractivity contribution in [1.82, 2.24) is 9.62 Å². The highest BCUT2D eigenvalue weighted by atomic mass is 32.2. The fraction of sp³-hybridized carbons (Fsp3) is 0.562. The maximum absolute atomic E-state index is 12.3. The summed E-state index contributed by atoms with van der Waals surface area (Å²) in [6.07, 6.45) is 4.02. The van der Waals surface area contributed by atoms with E-state index >= 15 is 0 Å². The largest absolute Gasteiger partial charge is 0.362 e. The zero-order valence-electron chi connectivity index (χ0n) is 13.6. The Labute approximate surface area is 137 Å². The lowest BCUT2D eigenvalue weighted by atomic mass is 10.0. The van der Waals surface area contributed by atoms with Crippen LogP contribution in [-0.2, 0) is 21.2 Å². The molecule has 1 amide bonds. The van der Waals surface area contributed by atoms with Crippen molar-refractivity contribution in [3.8, 4) is 0 Å².